The molecule has 0 radical (unpaired) electrons. The minimum atomic E-state index is -0.511. The maximum Gasteiger partial charge on any atom is 0.417 e. The quantitative estimate of drug-likeness (QED) is 0.762. The Morgan fingerprint density at radius 2 is 2.32 bits per heavy atom. The van der Waals surface area contributed by atoms with Gasteiger partial charge in [0.15, 0.2) is 5.58 Å². The van der Waals surface area contributed by atoms with Crippen LogP contribution >= 0.6 is 0 Å². The molecule has 2 aromatic rings. The van der Waals surface area contributed by atoms with Crippen LogP contribution in [0.25, 0.3) is 11.1 Å². The molecule has 1 aromatic heterocycles. The number of nitrogens with two attached hydrogens (primary N) is 1. The van der Waals surface area contributed by atoms with Crippen molar-refractivity contribution in [2.24, 2.45) is 5.73 Å². The highest BCUT2D eigenvalue weighted by atomic mass is 16.4. The van der Waals surface area contributed by atoms with E-state index in [-0.39, 0.29) is 18.4 Å². The zero-order valence-corrected chi connectivity index (χ0v) is 10.7. The number of amides is 1. The predicted molar refractivity (Wildman–Crippen MR) is 73.0 cm³/mol. The van der Waals surface area contributed by atoms with Crippen LogP contribution in [0.2, 0.25) is 0 Å². The molecule has 19 heavy (non-hydrogen) atoms. The number of oxazole rings is 1. The SMILES string of the molecule is CCCC(N)CC(=O)Nc1ccc2oc(=O)[nH]c2c1. The van der Waals surface area contributed by atoms with Gasteiger partial charge in [0.2, 0.25) is 5.91 Å². The Hall–Kier alpha value is -2.08. The first-order valence-electron chi connectivity index (χ1n) is 6.27. The Morgan fingerprint density at radius 1 is 1.53 bits per heavy atom. The summed E-state index contributed by atoms with van der Waals surface area (Å²) in [5, 5.41) is 2.75. The molecule has 0 spiro atoms. The van der Waals surface area contributed by atoms with Gasteiger partial charge in [-0.1, -0.05) is 13.3 Å². The Morgan fingerprint density at radius 3 is 3.05 bits per heavy atom. The third-order valence-electron chi connectivity index (χ3n) is 2.81. The van der Waals surface area contributed by atoms with Crippen molar-refractivity contribution in [1.29, 1.82) is 0 Å². The number of benzene rings is 1. The number of anilines is 1. The van der Waals surface area contributed by atoms with Gasteiger partial charge in [0.1, 0.15) is 0 Å². The molecule has 0 aliphatic rings. The fourth-order valence-corrected chi connectivity index (χ4v) is 1.95. The van der Waals surface area contributed by atoms with E-state index in [2.05, 4.69) is 10.3 Å². The third kappa shape index (κ3) is 3.45. The van der Waals surface area contributed by atoms with Gasteiger partial charge in [-0.25, -0.2) is 4.79 Å². The normalized spacial score (nSPS) is 12.5. The second-order valence-electron chi connectivity index (χ2n) is 4.53. The molecule has 0 fully saturated rings. The number of carbonyl (C=O) groups is 1. The Balaban J connectivity index is 2.04. The Bertz CT molecular complexity index is 629. The summed E-state index contributed by atoms with van der Waals surface area (Å²) in [5.74, 6) is -0.644. The molecule has 1 amide bonds. The van der Waals surface area contributed by atoms with Crippen LogP contribution in [-0.4, -0.2) is 16.9 Å². The van der Waals surface area contributed by atoms with E-state index in [0.29, 0.717) is 16.8 Å². The predicted octanol–water partition coefficient (Wildman–Crippen LogP) is 1.58. The first-order valence-corrected chi connectivity index (χ1v) is 6.27. The molecule has 6 heteroatoms. The van der Waals surface area contributed by atoms with E-state index in [1.807, 2.05) is 6.92 Å². The smallest absolute Gasteiger partial charge is 0.408 e. The molecule has 0 aliphatic carbocycles. The molecule has 0 saturated heterocycles. The molecule has 102 valence electrons. The number of carbonyl (C=O) groups excluding carboxylic acids is 1. The van der Waals surface area contributed by atoms with Crippen LogP contribution in [-0.2, 0) is 4.79 Å². The average molecular weight is 263 g/mol. The van der Waals surface area contributed by atoms with Crippen molar-refractivity contribution in [3.8, 4) is 0 Å². The molecular weight excluding hydrogens is 246 g/mol. The van der Waals surface area contributed by atoms with Crippen molar-refractivity contribution in [3.05, 3.63) is 28.7 Å². The fourth-order valence-electron chi connectivity index (χ4n) is 1.95. The monoisotopic (exact) mass is 263 g/mol. The molecule has 1 heterocycles. The zero-order chi connectivity index (χ0) is 13.8. The number of hydrogen-bond acceptors (Lipinski definition) is 4. The number of hydrogen-bond donors (Lipinski definition) is 3. The topological polar surface area (TPSA) is 101 Å². The van der Waals surface area contributed by atoms with E-state index < -0.39 is 5.76 Å². The molecule has 0 saturated carbocycles. The minimum absolute atomic E-state index is 0.123. The molecule has 0 aliphatic heterocycles. The Kier molecular flexibility index (Phi) is 4.01. The number of nitrogens with one attached hydrogen (secondary N) is 2. The van der Waals surface area contributed by atoms with Gasteiger partial charge in [-0.05, 0) is 24.6 Å². The molecule has 2 rings (SSSR count). The summed E-state index contributed by atoms with van der Waals surface area (Å²) >= 11 is 0. The summed E-state index contributed by atoms with van der Waals surface area (Å²) in [6, 6.07) is 4.85. The Labute approximate surface area is 110 Å². The number of rotatable bonds is 5. The second kappa shape index (κ2) is 5.71. The van der Waals surface area contributed by atoms with Crippen molar-refractivity contribution in [2.45, 2.75) is 32.2 Å². The molecule has 0 bridgehead atoms. The van der Waals surface area contributed by atoms with Gasteiger partial charge >= 0.3 is 5.76 Å². The average Bonchev–Trinajstić information content (AvgIpc) is 2.68. The number of fused-ring (bicyclic) bond motifs is 1. The van der Waals surface area contributed by atoms with Crippen LogP contribution in [0.5, 0.6) is 0 Å². The summed E-state index contributed by atoms with van der Waals surface area (Å²) in [4.78, 5) is 25.3. The van der Waals surface area contributed by atoms with Crippen LogP contribution in [0.15, 0.2) is 27.4 Å². The molecule has 1 aromatic carbocycles. The largest absolute Gasteiger partial charge is 0.417 e. The lowest BCUT2D eigenvalue weighted by Gasteiger charge is -2.10. The van der Waals surface area contributed by atoms with Crippen molar-refractivity contribution in [2.75, 3.05) is 5.32 Å². The fraction of sp³-hybridized carbons (Fsp3) is 0.385. The highest BCUT2D eigenvalue weighted by Crippen LogP contribution is 2.16. The van der Waals surface area contributed by atoms with Gasteiger partial charge in [-0.2, -0.15) is 0 Å². The van der Waals surface area contributed by atoms with Crippen LogP contribution < -0.4 is 16.8 Å². The summed E-state index contributed by atoms with van der Waals surface area (Å²) in [6.07, 6.45) is 2.06. The van der Waals surface area contributed by atoms with Gasteiger partial charge < -0.3 is 15.5 Å². The second-order valence-corrected chi connectivity index (χ2v) is 4.53. The van der Waals surface area contributed by atoms with E-state index >= 15 is 0 Å². The van der Waals surface area contributed by atoms with Gasteiger partial charge in [-0.15, -0.1) is 0 Å². The van der Waals surface area contributed by atoms with E-state index in [1.165, 1.54) is 0 Å². The van der Waals surface area contributed by atoms with Crippen LogP contribution in [0.4, 0.5) is 5.69 Å². The molecule has 6 nitrogen and oxygen atoms in total. The van der Waals surface area contributed by atoms with Crippen LogP contribution in [0.3, 0.4) is 0 Å². The van der Waals surface area contributed by atoms with Gasteiger partial charge in [0, 0.05) is 18.2 Å². The molecular formula is C13H17N3O3. The lowest BCUT2D eigenvalue weighted by molar-refractivity contribution is -0.116. The van der Waals surface area contributed by atoms with Gasteiger partial charge in [0.25, 0.3) is 0 Å². The maximum atomic E-state index is 11.8. The first kappa shape index (κ1) is 13.4. The zero-order valence-electron chi connectivity index (χ0n) is 10.7. The van der Waals surface area contributed by atoms with Gasteiger partial charge in [0.05, 0.1) is 5.52 Å². The number of aromatic nitrogens is 1. The molecule has 1 atom stereocenters. The molecule has 1 unspecified atom stereocenters. The van der Waals surface area contributed by atoms with E-state index in [9.17, 15) is 9.59 Å². The highest BCUT2D eigenvalue weighted by Gasteiger charge is 2.09. The summed E-state index contributed by atoms with van der Waals surface area (Å²) < 4.78 is 4.88. The lowest BCUT2D eigenvalue weighted by Crippen LogP contribution is -2.26. The van der Waals surface area contributed by atoms with Gasteiger partial charge in [-0.3, -0.25) is 9.78 Å². The number of aromatic amines is 1. The minimum Gasteiger partial charge on any atom is -0.408 e. The van der Waals surface area contributed by atoms with Crippen LogP contribution in [0.1, 0.15) is 26.2 Å². The summed E-state index contributed by atoms with van der Waals surface area (Å²) in [5.41, 5.74) is 7.44. The van der Waals surface area contributed by atoms with Crippen molar-refractivity contribution >= 4 is 22.7 Å². The van der Waals surface area contributed by atoms with Crippen molar-refractivity contribution in [1.82, 2.24) is 4.98 Å². The van der Waals surface area contributed by atoms with Crippen LogP contribution in [0, 0.1) is 0 Å². The lowest BCUT2D eigenvalue weighted by atomic mass is 10.1. The third-order valence-corrected chi connectivity index (χ3v) is 2.81. The standard InChI is InChI=1S/C13H17N3O3/c1-2-3-8(14)6-12(17)15-9-4-5-11-10(7-9)16-13(18)19-11/h4-5,7-8H,2-3,6,14H2,1H3,(H,15,17)(H,16,18). The van der Waals surface area contributed by atoms with E-state index in [1.54, 1.807) is 18.2 Å². The van der Waals surface area contributed by atoms with E-state index in [4.69, 9.17) is 10.2 Å². The number of H-pyrrole nitrogens is 1. The molecule has 4 N–H and O–H groups in total. The highest BCUT2D eigenvalue weighted by molar-refractivity contribution is 5.93. The summed E-state index contributed by atoms with van der Waals surface area (Å²) in [6.45, 7) is 2.03. The first-order chi connectivity index (χ1) is 9.08. The summed E-state index contributed by atoms with van der Waals surface area (Å²) in [7, 11) is 0. The maximum absolute atomic E-state index is 11.8. The van der Waals surface area contributed by atoms with Crippen molar-refractivity contribution < 1.29 is 9.21 Å². The van der Waals surface area contributed by atoms with Crippen molar-refractivity contribution in [3.63, 3.8) is 0 Å². The van der Waals surface area contributed by atoms with E-state index in [0.717, 1.165) is 12.8 Å².